The highest BCUT2D eigenvalue weighted by Gasteiger charge is 2.26. The Labute approximate surface area is 58.9 Å². The summed E-state index contributed by atoms with van der Waals surface area (Å²) < 4.78 is 21.6. The maximum absolute atomic E-state index is 10.8. The van der Waals surface area contributed by atoms with Crippen LogP contribution in [0.1, 0.15) is 0 Å². The van der Waals surface area contributed by atoms with Gasteiger partial charge < -0.3 is 0 Å². The lowest BCUT2D eigenvalue weighted by atomic mass is 10.9. The molecule has 0 atom stereocenters. The summed E-state index contributed by atoms with van der Waals surface area (Å²) in [6.45, 7) is 0. The molecule has 0 amide bonds. The molecular formula is C5H11O2S2+. The van der Waals surface area contributed by atoms with E-state index in [2.05, 4.69) is 6.26 Å². The fourth-order valence-electron chi connectivity index (χ4n) is 0.743. The van der Waals surface area contributed by atoms with Gasteiger partial charge in [-0.25, -0.2) is 8.42 Å². The second kappa shape index (κ2) is 2.50. The lowest BCUT2D eigenvalue weighted by molar-refractivity contribution is 0.598. The number of hydrogen-bond donors (Lipinski definition) is 0. The van der Waals surface area contributed by atoms with Crippen LogP contribution in [0.2, 0.25) is 0 Å². The molecule has 0 saturated carbocycles. The lowest BCUT2D eigenvalue weighted by Crippen LogP contribution is -2.31. The van der Waals surface area contributed by atoms with Crippen LogP contribution in [0.5, 0.6) is 0 Å². The Morgan fingerprint density at radius 1 is 1.22 bits per heavy atom. The molecule has 2 nitrogen and oxygen atoms in total. The molecule has 0 bridgehead atoms. The van der Waals surface area contributed by atoms with Crippen LogP contribution in [0, 0.1) is 0 Å². The Kier molecular flexibility index (Phi) is 2.06. The molecule has 1 aliphatic rings. The van der Waals surface area contributed by atoms with Crippen molar-refractivity contribution in [3.8, 4) is 0 Å². The number of hydrogen-bond acceptors (Lipinski definition) is 2. The van der Waals surface area contributed by atoms with Crippen molar-refractivity contribution in [3.63, 3.8) is 0 Å². The Bertz CT molecular complexity index is 169. The van der Waals surface area contributed by atoms with E-state index in [0.717, 1.165) is 11.5 Å². The van der Waals surface area contributed by atoms with E-state index < -0.39 is 9.84 Å². The van der Waals surface area contributed by atoms with Gasteiger partial charge in [0.2, 0.25) is 0 Å². The lowest BCUT2D eigenvalue weighted by Gasteiger charge is -2.09. The van der Waals surface area contributed by atoms with Crippen molar-refractivity contribution in [1.29, 1.82) is 0 Å². The van der Waals surface area contributed by atoms with Gasteiger partial charge in [-0.1, -0.05) is 0 Å². The minimum atomic E-state index is -2.61. The molecule has 9 heavy (non-hydrogen) atoms. The molecule has 0 unspecified atom stereocenters. The molecule has 0 aromatic carbocycles. The molecule has 1 saturated heterocycles. The maximum atomic E-state index is 10.8. The van der Waals surface area contributed by atoms with Gasteiger partial charge in [0, 0.05) is 0 Å². The molecule has 1 aliphatic heterocycles. The van der Waals surface area contributed by atoms with E-state index in [9.17, 15) is 8.42 Å². The second-order valence-electron chi connectivity index (χ2n) is 2.34. The van der Waals surface area contributed by atoms with Crippen LogP contribution < -0.4 is 0 Å². The molecule has 0 aromatic heterocycles. The van der Waals surface area contributed by atoms with Gasteiger partial charge in [0.15, 0.2) is 9.84 Å². The maximum Gasteiger partial charge on any atom is 0.159 e. The smallest absolute Gasteiger partial charge is 0.159 e. The van der Waals surface area contributed by atoms with Crippen LogP contribution in [0.15, 0.2) is 0 Å². The Morgan fingerprint density at radius 2 is 1.67 bits per heavy atom. The molecular weight excluding hydrogens is 156 g/mol. The van der Waals surface area contributed by atoms with Gasteiger partial charge in [0.25, 0.3) is 0 Å². The minimum Gasteiger partial charge on any atom is -0.228 e. The van der Waals surface area contributed by atoms with Crippen molar-refractivity contribution in [1.82, 2.24) is 0 Å². The first-order valence-corrected chi connectivity index (χ1v) is 6.69. The summed E-state index contributed by atoms with van der Waals surface area (Å²) in [5.74, 6) is 2.63. The normalized spacial score (nSPS) is 28.1. The zero-order valence-electron chi connectivity index (χ0n) is 5.46. The van der Waals surface area contributed by atoms with E-state index in [1.807, 2.05) is 0 Å². The van der Waals surface area contributed by atoms with Gasteiger partial charge in [0.1, 0.15) is 11.5 Å². The first-order valence-electron chi connectivity index (χ1n) is 2.90. The zero-order chi connectivity index (χ0) is 6.91. The topological polar surface area (TPSA) is 34.1 Å². The third-order valence-corrected chi connectivity index (χ3v) is 5.46. The average Bonchev–Trinajstić information content (AvgIpc) is 1.78. The van der Waals surface area contributed by atoms with Gasteiger partial charge in [-0.05, 0) is 10.9 Å². The Morgan fingerprint density at radius 3 is 2.00 bits per heavy atom. The van der Waals surface area contributed by atoms with Crippen LogP contribution >= 0.6 is 0 Å². The third-order valence-electron chi connectivity index (χ3n) is 1.49. The second-order valence-corrected chi connectivity index (χ2v) is 7.02. The molecule has 1 fully saturated rings. The first kappa shape index (κ1) is 7.41. The first-order chi connectivity index (χ1) is 4.10. The Hall–Kier alpha value is 0.300. The third kappa shape index (κ3) is 2.18. The fourth-order valence-corrected chi connectivity index (χ4v) is 5.46. The van der Waals surface area contributed by atoms with E-state index in [1.54, 1.807) is 0 Å². The van der Waals surface area contributed by atoms with Crippen LogP contribution in [-0.4, -0.2) is 37.7 Å². The quantitative estimate of drug-likeness (QED) is 0.463. The average molecular weight is 167 g/mol. The summed E-state index contributed by atoms with van der Waals surface area (Å²) in [6.07, 6.45) is 2.13. The summed E-state index contributed by atoms with van der Waals surface area (Å²) in [5, 5.41) is 0. The zero-order valence-corrected chi connectivity index (χ0v) is 7.09. The molecule has 0 spiro atoms. The predicted octanol–water partition coefficient (Wildman–Crippen LogP) is -0.337. The van der Waals surface area contributed by atoms with Gasteiger partial charge in [-0.2, -0.15) is 0 Å². The molecule has 1 heterocycles. The minimum absolute atomic E-state index is 0.384. The van der Waals surface area contributed by atoms with Gasteiger partial charge in [-0.3, -0.25) is 0 Å². The van der Waals surface area contributed by atoms with E-state index in [-0.39, 0.29) is 0 Å². The monoisotopic (exact) mass is 167 g/mol. The van der Waals surface area contributed by atoms with Crippen LogP contribution in [-0.2, 0) is 20.7 Å². The largest absolute Gasteiger partial charge is 0.228 e. The van der Waals surface area contributed by atoms with Crippen molar-refractivity contribution in [2.75, 3.05) is 29.3 Å². The SMILES string of the molecule is C[S+]1CCS(=O)(=O)CC1. The standard InChI is InChI=1S/C5H11O2S2/c1-8-2-4-9(6,7)5-3-8/h2-5H2,1H3/q+1. The summed E-state index contributed by atoms with van der Waals surface area (Å²) in [4.78, 5) is 0. The summed E-state index contributed by atoms with van der Waals surface area (Å²) in [7, 11) is -2.22. The number of sulfone groups is 1. The molecule has 1 rings (SSSR count). The van der Waals surface area contributed by atoms with Crippen LogP contribution in [0.25, 0.3) is 0 Å². The highest BCUT2D eigenvalue weighted by molar-refractivity contribution is 8.01. The highest BCUT2D eigenvalue weighted by atomic mass is 32.2. The van der Waals surface area contributed by atoms with Gasteiger partial charge in [-0.15, -0.1) is 0 Å². The Balaban J connectivity index is 2.55. The fraction of sp³-hybridized carbons (Fsp3) is 1.00. The van der Waals surface area contributed by atoms with E-state index in [0.29, 0.717) is 22.4 Å². The van der Waals surface area contributed by atoms with Crippen molar-refractivity contribution < 1.29 is 8.42 Å². The molecule has 0 aliphatic carbocycles. The summed E-state index contributed by atoms with van der Waals surface area (Å²) >= 11 is 0. The van der Waals surface area contributed by atoms with Crippen molar-refractivity contribution in [2.45, 2.75) is 0 Å². The predicted molar refractivity (Wildman–Crippen MR) is 41.7 cm³/mol. The summed E-state index contributed by atoms with van der Waals surface area (Å²) in [6, 6.07) is 0. The number of rotatable bonds is 0. The van der Waals surface area contributed by atoms with Crippen LogP contribution in [0.3, 0.4) is 0 Å². The van der Waals surface area contributed by atoms with Crippen molar-refractivity contribution in [3.05, 3.63) is 0 Å². The van der Waals surface area contributed by atoms with E-state index >= 15 is 0 Å². The molecule has 0 aromatic rings. The van der Waals surface area contributed by atoms with Gasteiger partial charge >= 0.3 is 0 Å². The van der Waals surface area contributed by atoms with Crippen molar-refractivity contribution >= 4 is 20.7 Å². The van der Waals surface area contributed by atoms with E-state index in [4.69, 9.17) is 0 Å². The van der Waals surface area contributed by atoms with Gasteiger partial charge in [0.05, 0.1) is 17.8 Å². The van der Waals surface area contributed by atoms with Crippen LogP contribution in [0.4, 0.5) is 0 Å². The molecule has 4 heteroatoms. The molecule has 0 N–H and O–H groups in total. The highest BCUT2D eigenvalue weighted by Crippen LogP contribution is 2.04. The summed E-state index contributed by atoms with van der Waals surface area (Å²) in [5.41, 5.74) is 0. The van der Waals surface area contributed by atoms with Crippen molar-refractivity contribution in [2.24, 2.45) is 0 Å². The van der Waals surface area contributed by atoms with E-state index in [1.165, 1.54) is 0 Å². The molecule has 0 radical (unpaired) electrons. The molecule has 54 valence electrons.